The molecule has 2 atom stereocenters. The molecule has 3 heteroatoms. The average molecular weight is 275 g/mol. The molecule has 0 saturated carbocycles. The van der Waals surface area contributed by atoms with Crippen molar-refractivity contribution in [3.05, 3.63) is 29.3 Å². The predicted molar refractivity (Wildman–Crippen MR) is 80.2 cm³/mol. The number of ether oxygens (including phenoxy) is 2. The lowest BCUT2D eigenvalue weighted by atomic mass is 9.92. The first-order valence-corrected chi connectivity index (χ1v) is 7.83. The molecule has 2 unspecified atom stereocenters. The summed E-state index contributed by atoms with van der Waals surface area (Å²) in [5.74, 6) is 1.81. The van der Waals surface area contributed by atoms with Crippen LogP contribution in [0.15, 0.2) is 18.2 Å². The van der Waals surface area contributed by atoms with E-state index >= 15 is 0 Å². The summed E-state index contributed by atoms with van der Waals surface area (Å²) in [6, 6.07) is 7.54. The SMILES string of the molecule is CC(NC(C)C1CCOCC1)c1ccc2c(c1)CCO2. The minimum Gasteiger partial charge on any atom is -0.493 e. The Kier molecular flexibility index (Phi) is 4.27. The fraction of sp³-hybridized carbons (Fsp3) is 0.647. The molecule has 1 aromatic rings. The number of fused-ring (bicyclic) bond motifs is 1. The van der Waals surface area contributed by atoms with E-state index in [9.17, 15) is 0 Å². The molecule has 0 radical (unpaired) electrons. The highest BCUT2D eigenvalue weighted by Crippen LogP contribution is 2.29. The molecule has 20 heavy (non-hydrogen) atoms. The molecule has 0 bridgehead atoms. The molecule has 2 aliphatic heterocycles. The highest BCUT2D eigenvalue weighted by atomic mass is 16.5. The summed E-state index contributed by atoms with van der Waals surface area (Å²) >= 11 is 0. The zero-order valence-electron chi connectivity index (χ0n) is 12.5. The third-order valence-corrected chi connectivity index (χ3v) is 4.70. The molecule has 1 saturated heterocycles. The zero-order valence-corrected chi connectivity index (χ0v) is 12.5. The lowest BCUT2D eigenvalue weighted by molar-refractivity contribution is 0.0547. The molecule has 3 rings (SSSR count). The van der Waals surface area contributed by atoms with Gasteiger partial charge in [-0.15, -0.1) is 0 Å². The quantitative estimate of drug-likeness (QED) is 0.916. The minimum absolute atomic E-state index is 0.388. The van der Waals surface area contributed by atoms with Crippen LogP contribution < -0.4 is 10.1 Å². The van der Waals surface area contributed by atoms with Crippen molar-refractivity contribution in [3.8, 4) is 5.75 Å². The summed E-state index contributed by atoms with van der Waals surface area (Å²) in [4.78, 5) is 0. The second-order valence-corrected chi connectivity index (χ2v) is 6.09. The highest BCUT2D eigenvalue weighted by Gasteiger charge is 2.22. The van der Waals surface area contributed by atoms with Gasteiger partial charge in [-0.25, -0.2) is 0 Å². The van der Waals surface area contributed by atoms with Crippen molar-refractivity contribution in [3.63, 3.8) is 0 Å². The van der Waals surface area contributed by atoms with Crippen LogP contribution in [0.2, 0.25) is 0 Å². The molecule has 2 heterocycles. The fourth-order valence-corrected chi connectivity index (χ4v) is 3.32. The summed E-state index contributed by atoms with van der Waals surface area (Å²) in [6.45, 7) is 7.23. The topological polar surface area (TPSA) is 30.5 Å². The van der Waals surface area contributed by atoms with Crippen LogP contribution in [0.1, 0.15) is 43.9 Å². The molecule has 2 aliphatic rings. The van der Waals surface area contributed by atoms with Gasteiger partial charge in [0, 0.05) is 31.7 Å². The number of benzene rings is 1. The van der Waals surface area contributed by atoms with Gasteiger partial charge >= 0.3 is 0 Å². The second-order valence-electron chi connectivity index (χ2n) is 6.09. The van der Waals surface area contributed by atoms with Gasteiger partial charge in [-0.2, -0.15) is 0 Å². The van der Waals surface area contributed by atoms with Crippen LogP contribution in [0.5, 0.6) is 5.75 Å². The maximum atomic E-state index is 5.58. The summed E-state index contributed by atoms with van der Waals surface area (Å²) in [7, 11) is 0. The van der Waals surface area contributed by atoms with E-state index in [1.807, 2.05) is 0 Å². The molecule has 110 valence electrons. The monoisotopic (exact) mass is 275 g/mol. The molecular weight excluding hydrogens is 250 g/mol. The molecular formula is C17H25NO2. The van der Waals surface area contributed by atoms with Gasteiger partial charge in [-0.1, -0.05) is 12.1 Å². The van der Waals surface area contributed by atoms with Gasteiger partial charge in [0.15, 0.2) is 0 Å². The van der Waals surface area contributed by atoms with Crippen molar-refractivity contribution < 1.29 is 9.47 Å². The van der Waals surface area contributed by atoms with Crippen molar-refractivity contribution in [1.82, 2.24) is 5.32 Å². The van der Waals surface area contributed by atoms with Gasteiger partial charge in [0.2, 0.25) is 0 Å². The Hall–Kier alpha value is -1.06. The van der Waals surface area contributed by atoms with Crippen LogP contribution in [0, 0.1) is 5.92 Å². The third-order valence-electron chi connectivity index (χ3n) is 4.70. The van der Waals surface area contributed by atoms with Crippen LogP contribution >= 0.6 is 0 Å². The normalized spacial score (nSPS) is 22.1. The van der Waals surface area contributed by atoms with E-state index in [4.69, 9.17) is 9.47 Å². The Morgan fingerprint density at radius 2 is 1.95 bits per heavy atom. The predicted octanol–water partition coefficient (Wildman–Crippen LogP) is 3.09. The van der Waals surface area contributed by atoms with Gasteiger partial charge in [-0.3, -0.25) is 0 Å². The van der Waals surface area contributed by atoms with E-state index in [0.29, 0.717) is 12.1 Å². The fourth-order valence-electron chi connectivity index (χ4n) is 3.32. The zero-order chi connectivity index (χ0) is 13.9. The van der Waals surface area contributed by atoms with Crippen LogP contribution in [-0.4, -0.2) is 25.9 Å². The van der Waals surface area contributed by atoms with Crippen molar-refractivity contribution >= 4 is 0 Å². The summed E-state index contributed by atoms with van der Waals surface area (Å²) < 4.78 is 11.0. The van der Waals surface area contributed by atoms with Gasteiger partial charge < -0.3 is 14.8 Å². The van der Waals surface area contributed by atoms with Crippen molar-refractivity contribution in [2.24, 2.45) is 5.92 Å². The summed E-state index contributed by atoms with van der Waals surface area (Å²) in [6.07, 6.45) is 3.41. The molecule has 3 nitrogen and oxygen atoms in total. The van der Waals surface area contributed by atoms with E-state index < -0.39 is 0 Å². The molecule has 1 fully saturated rings. The first kappa shape index (κ1) is 13.9. The van der Waals surface area contributed by atoms with Crippen LogP contribution in [0.4, 0.5) is 0 Å². The van der Waals surface area contributed by atoms with E-state index in [2.05, 4.69) is 37.4 Å². The summed E-state index contributed by atoms with van der Waals surface area (Å²) in [5.41, 5.74) is 2.73. The highest BCUT2D eigenvalue weighted by molar-refractivity contribution is 5.40. The molecule has 1 aromatic carbocycles. The Labute approximate surface area is 121 Å². The standard InChI is InChI=1S/C17H25NO2/c1-12(14-5-8-19-9-6-14)18-13(2)15-3-4-17-16(11-15)7-10-20-17/h3-4,11-14,18H,5-10H2,1-2H3. The van der Waals surface area contributed by atoms with E-state index in [-0.39, 0.29) is 0 Å². The molecule has 0 aliphatic carbocycles. The van der Waals surface area contributed by atoms with Crippen LogP contribution in [0.3, 0.4) is 0 Å². The van der Waals surface area contributed by atoms with Gasteiger partial charge in [0.1, 0.15) is 5.75 Å². The van der Waals surface area contributed by atoms with E-state index in [0.717, 1.165) is 37.9 Å². The van der Waals surface area contributed by atoms with E-state index in [1.54, 1.807) is 0 Å². The lowest BCUT2D eigenvalue weighted by Crippen LogP contribution is -2.38. The van der Waals surface area contributed by atoms with Gasteiger partial charge in [-0.05, 0) is 49.8 Å². The first-order chi connectivity index (χ1) is 9.74. The van der Waals surface area contributed by atoms with Gasteiger partial charge in [0.05, 0.1) is 6.61 Å². The third kappa shape index (κ3) is 2.99. The second kappa shape index (κ2) is 6.15. The Morgan fingerprint density at radius 1 is 1.15 bits per heavy atom. The van der Waals surface area contributed by atoms with Crippen LogP contribution in [0.25, 0.3) is 0 Å². The van der Waals surface area contributed by atoms with Crippen molar-refractivity contribution in [2.45, 2.75) is 45.2 Å². The smallest absolute Gasteiger partial charge is 0.122 e. The Morgan fingerprint density at radius 3 is 2.75 bits per heavy atom. The molecule has 0 spiro atoms. The van der Waals surface area contributed by atoms with Gasteiger partial charge in [0.25, 0.3) is 0 Å². The van der Waals surface area contributed by atoms with Crippen LogP contribution in [-0.2, 0) is 11.2 Å². The minimum atomic E-state index is 0.388. The average Bonchev–Trinajstić information content (AvgIpc) is 2.95. The largest absolute Gasteiger partial charge is 0.493 e. The number of nitrogens with one attached hydrogen (secondary N) is 1. The number of hydrogen-bond donors (Lipinski definition) is 1. The van der Waals surface area contributed by atoms with E-state index in [1.165, 1.54) is 24.0 Å². The lowest BCUT2D eigenvalue weighted by Gasteiger charge is -2.31. The number of hydrogen-bond acceptors (Lipinski definition) is 3. The summed E-state index contributed by atoms with van der Waals surface area (Å²) in [5, 5.41) is 3.76. The van der Waals surface area contributed by atoms with Crippen molar-refractivity contribution in [1.29, 1.82) is 0 Å². The molecule has 0 amide bonds. The molecule has 1 N–H and O–H groups in total. The molecule has 0 aromatic heterocycles. The maximum absolute atomic E-state index is 5.58. The Balaban J connectivity index is 1.62. The number of rotatable bonds is 4. The van der Waals surface area contributed by atoms with Crippen molar-refractivity contribution in [2.75, 3.05) is 19.8 Å². The maximum Gasteiger partial charge on any atom is 0.122 e. The first-order valence-electron chi connectivity index (χ1n) is 7.83. The Bertz CT molecular complexity index is 454.